The van der Waals surface area contributed by atoms with E-state index >= 15 is 0 Å². The summed E-state index contributed by atoms with van der Waals surface area (Å²) in [7, 11) is 0. The van der Waals surface area contributed by atoms with Crippen LogP contribution >= 0.6 is 0 Å². The highest BCUT2D eigenvalue weighted by molar-refractivity contribution is 6.10. The summed E-state index contributed by atoms with van der Waals surface area (Å²) in [6, 6.07) is 62.8. The first-order chi connectivity index (χ1) is 27.1. The molecule has 0 amide bonds. The molecular formula is C54H46N2. The van der Waals surface area contributed by atoms with Crippen molar-refractivity contribution in [1.29, 1.82) is 0 Å². The molecule has 0 aromatic heterocycles. The summed E-state index contributed by atoms with van der Waals surface area (Å²) in [5.74, 6) is 0. The minimum Gasteiger partial charge on any atom is -0.310 e. The maximum Gasteiger partial charge on any atom is 0.0543 e. The Morgan fingerprint density at radius 2 is 0.821 bits per heavy atom. The molecule has 2 nitrogen and oxygen atoms in total. The van der Waals surface area contributed by atoms with Crippen molar-refractivity contribution >= 4 is 44.9 Å². The van der Waals surface area contributed by atoms with Gasteiger partial charge >= 0.3 is 0 Å². The minimum absolute atomic E-state index is 0.193. The molecule has 0 atom stereocenters. The number of nitrogens with zero attached hydrogens (tertiary/aromatic N) is 2. The molecule has 0 saturated heterocycles. The smallest absolute Gasteiger partial charge is 0.0543 e. The molecule has 0 unspecified atom stereocenters. The minimum atomic E-state index is -0.214. The van der Waals surface area contributed by atoms with Gasteiger partial charge in [0, 0.05) is 44.7 Å². The van der Waals surface area contributed by atoms with Crippen molar-refractivity contribution in [3.8, 4) is 22.3 Å². The molecule has 0 radical (unpaired) electrons. The van der Waals surface area contributed by atoms with Crippen molar-refractivity contribution in [2.45, 2.75) is 52.4 Å². The van der Waals surface area contributed by atoms with Crippen LogP contribution < -0.4 is 9.80 Å². The maximum absolute atomic E-state index is 2.55. The van der Waals surface area contributed by atoms with Gasteiger partial charge in [-0.15, -0.1) is 0 Å². The zero-order valence-corrected chi connectivity index (χ0v) is 33.1. The Labute approximate surface area is 331 Å². The Morgan fingerprint density at radius 3 is 1.46 bits per heavy atom. The van der Waals surface area contributed by atoms with Crippen molar-refractivity contribution in [2.75, 3.05) is 9.80 Å². The maximum atomic E-state index is 2.55. The fourth-order valence-electron chi connectivity index (χ4n) is 9.72. The van der Waals surface area contributed by atoms with Crippen molar-refractivity contribution in [2.24, 2.45) is 0 Å². The first kappa shape index (κ1) is 34.1. The largest absolute Gasteiger partial charge is 0.310 e. The Hall–Kier alpha value is -6.38. The molecule has 0 N–H and O–H groups in total. The second-order valence-electron chi connectivity index (χ2n) is 16.7. The van der Waals surface area contributed by atoms with Crippen LogP contribution in [0.25, 0.3) is 33.0 Å². The molecule has 0 spiro atoms. The Morgan fingerprint density at radius 1 is 0.339 bits per heavy atom. The van der Waals surface area contributed by atoms with Crippen LogP contribution in [0.15, 0.2) is 170 Å². The molecule has 10 rings (SSSR count). The van der Waals surface area contributed by atoms with Crippen molar-refractivity contribution in [3.05, 3.63) is 203 Å². The summed E-state index contributed by atoms with van der Waals surface area (Å²) < 4.78 is 0. The molecule has 2 aliphatic rings. The van der Waals surface area contributed by atoms with E-state index in [1.165, 1.54) is 89.2 Å². The average Bonchev–Trinajstić information content (AvgIpc) is 3.58. The van der Waals surface area contributed by atoms with Crippen LogP contribution in [0, 0.1) is 13.8 Å². The van der Waals surface area contributed by atoms with E-state index in [2.05, 4.69) is 221 Å². The third-order valence-electron chi connectivity index (χ3n) is 12.7. The average molecular weight is 723 g/mol. The van der Waals surface area contributed by atoms with Crippen LogP contribution in [0.5, 0.6) is 0 Å². The lowest BCUT2D eigenvalue weighted by Crippen LogP contribution is -2.18. The van der Waals surface area contributed by atoms with Crippen molar-refractivity contribution in [1.82, 2.24) is 0 Å². The molecule has 2 aliphatic carbocycles. The summed E-state index contributed by atoms with van der Waals surface area (Å²) in [6.07, 6.45) is 0. The highest BCUT2D eigenvalue weighted by atomic mass is 15.2. The van der Waals surface area contributed by atoms with Gasteiger partial charge in [0.05, 0.1) is 5.69 Å². The Balaban J connectivity index is 1.15. The van der Waals surface area contributed by atoms with E-state index < -0.39 is 0 Å². The molecule has 8 aromatic rings. The van der Waals surface area contributed by atoms with Crippen LogP contribution in [-0.2, 0) is 10.8 Å². The lowest BCUT2D eigenvalue weighted by atomic mass is 9.79. The summed E-state index contributed by atoms with van der Waals surface area (Å²) in [5, 5.41) is 2.56. The van der Waals surface area contributed by atoms with E-state index in [0.29, 0.717) is 0 Å². The van der Waals surface area contributed by atoms with Crippen LogP contribution in [0.2, 0.25) is 0 Å². The SMILES string of the molecule is Cc1ccccc1N(c1ccccc1)c1ccc2c(c1)C(C)(C)c1cc3c(cc1-2)C(C)(C)c1cc(N(c2ccccc2)c2ccccc2C)c2ccccc2c1-3. The molecule has 0 bridgehead atoms. The lowest BCUT2D eigenvalue weighted by Gasteiger charge is -2.30. The zero-order chi connectivity index (χ0) is 38.3. The molecule has 56 heavy (non-hydrogen) atoms. The fraction of sp³-hybridized carbons (Fsp3) is 0.148. The number of benzene rings is 8. The van der Waals surface area contributed by atoms with Gasteiger partial charge in [0.1, 0.15) is 0 Å². The molecule has 272 valence electrons. The topological polar surface area (TPSA) is 6.48 Å². The van der Waals surface area contributed by atoms with E-state index in [1.54, 1.807) is 0 Å². The number of rotatable bonds is 6. The number of anilines is 6. The lowest BCUT2D eigenvalue weighted by molar-refractivity contribution is 0.652. The third kappa shape index (κ3) is 5.02. The van der Waals surface area contributed by atoms with Crippen LogP contribution in [-0.4, -0.2) is 0 Å². The first-order valence-electron chi connectivity index (χ1n) is 19.9. The molecule has 0 fully saturated rings. The van der Waals surface area contributed by atoms with E-state index in [4.69, 9.17) is 0 Å². The second kappa shape index (κ2) is 12.6. The van der Waals surface area contributed by atoms with Gasteiger partial charge in [0.25, 0.3) is 0 Å². The van der Waals surface area contributed by atoms with Gasteiger partial charge in [0.15, 0.2) is 0 Å². The zero-order valence-electron chi connectivity index (χ0n) is 33.1. The number of hydrogen-bond acceptors (Lipinski definition) is 2. The van der Waals surface area contributed by atoms with Gasteiger partial charge in [-0.1, -0.05) is 131 Å². The summed E-state index contributed by atoms with van der Waals surface area (Å²) in [5.41, 5.74) is 20.2. The van der Waals surface area contributed by atoms with Crippen molar-refractivity contribution < 1.29 is 0 Å². The van der Waals surface area contributed by atoms with Crippen LogP contribution in [0.4, 0.5) is 34.1 Å². The summed E-state index contributed by atoms with van der Waals surface area (Å²) >= 11 is 0. The van der Waals surface area contributed by atoms with Gasteiger partial charge in [-0.2, -0.15) is 0 Å². The van der Waals surface area contributed by atoms with Gasteiger partial charge < -0.3 is 9.80 Å². The second-order valence-corrected chi connectivity index (χ2v) is 16.7. The molecule has 0 saturated carbocycles. The monoisotopic (exact) mass is 722 g/mol. The standard InChI is InChI=1S/C54H46N2/c1-35-19-13-17-27-49(35)55(37-21-9-7-10-22-37)39-29-30-40-43-32-47-44(33-46(43)53(3,4)45(40)31-39)52-42-26-16-15-25-41(42)51(34-48(52)54(47,5)6)56(38-23-11-8-12-24-38)50-28-18-14-20-36(50)2/h7-34H,1-6H3. The number of hydrogen-bond donors (Lipinski definition) is 0. The fourth-order valence-corrected chi connectivity index (χ4v) is 9.72. The van der Waals surface area contributed by atoms with E-state index in [0.717, 1.165) is 11.4 Å². The summed E-state index contributed by atoms with van der Waals surface area (Å²) in [4.78, 5) is 4.87. The number of para-hydroxylation sites is 4. The molecule has 8 aromatic carbocycles. The Kier molecular flexibility index (Phi) is 7.67. The van der Waals surface area contributed by atoms with Crippen molar-refractivity contribution in [3.63, 3.8) is 0 Å². The van der Waals surface area contributed by atoms with E-state index in [1.807, 2.05) is 0 Å². The Bertz CT molecular complexity index is 2830. The molecular weight excluding hydrogens is 677 g/mol. The van der Waals surface area contributed by atoms with Gasteiger partial charge in [0.2, 0.25) is 0 Å². The van der Waals surface area contributed by atoms with E-state index in [9.17, 15) is 0 Å². The van der Waals surface area contributed by atoms with Gasteiger partial charge in [-0.05, 0) is 142 Å². The first-order valence-corrected chi connectivity index (χ1v) is 19.9. The van der Waals surface area contributed by atoms with E-state index in [-0.39, 0.29) is 10.8 Å². The number of aryl methyl sites for hydroxylation is 2. The predicted octanol–water partition coefficient (Wildman–Crippen LogP) is 15.0. The molecule has 0 heterocycles. The highest BCUT2D eigenvalue weighted by Crippen LogP contribution is 2.59. The molecule has 2 heteroatoms. The van der Waals surface area contributed by atoms with Gasteiger partial charge in [-0.3, -0.25) is 0 Å². The quantitative estimate of drug-likeness (QED) is 0.169. The predicted molar refractivity (Wildman–Crippen MR) is 238 cm³/mol. The summed E-state index contributed by atoms with van der Waals surface area (Å²) in [6.45, 7) is 14.1. The van der Waals surface area contributed by atoms with Crippen LogP contribution in [0.1, 0.15) is 61.1 Å². The molecule has 0 aliphatic heterocycles. The third-order valence-corrected chi connectivity index (χ3v) is 12.7. The normalized spacial score (nSPS) is 14.2. The highest BCUT2D eigenvalue weighted by Gasteiger charge is 2.43. The van der Waals surface area contributed by atoms with Gasteiger partial charge in [-0.25, -0.2) is 0 Å². The number of fused-ring (bicyclic) bond motifs is 8. The van der Waals surface area contributed by atoms with Crippen LogP contribution in [0.3, 0.4) is 0 Å².